The molecular weight excluding hydrogens is 200 g/mol. The van der Waals surface area contributed by atoms with Crippen LogP contribution in [-0.4, -0.2) is 28.1 Å². The van der Waals surface area contributed by atoms with Crippen molar-refractivity contribution in [2.45, 2.75) is 45.6 Å². The molecule has 1 aromatic heterocycles. The molecule has 0 amide bonds. The van der Waals surface area contributed by atoms with Gasteiger partial charge in [0.1, 0.15) is 0 Å². The second-order valence-corrected chi connectivity index (χ2v) is 5.00. The zero-order chi connectivity index (χ0) is 11.4. The second kappa shape index (κ2) is 5.43. The molecule has 0 saturated carbocycles. The maximum atomic E-state index is 4.13. The quantitative estimate of drug-likeness (QED) is 0.844. The van der Waals surface area contributed by atoms with E-state index in [1.807, 2.05) is 10.9 Å². The number of rotatable bonds is 4. The molecule has 1 saturated heterocycles. The van der Waals surface area contributed by atoms with Gasteiger partial charge in [-0.1, -0.05) is 5.21 Å². The number of nitrogens with one attached hydrogen (secondary N) is 1. The molecule has 0 radical (unpaired) electrons. The van der Waals surface area contributed by atoms with E-state index in [0.29, 0.717) is 6.04 Å². The van der Waals surface area contributed by atoms with Gasteiger partial charge in [0.2, 0.25) is 0 Å². The van der Waals surface area contributed by atoms with Crippen LogP contribution >= 0.6 is 0 Å². The smallest absolute Gasteiger partial charge is 0.0725 e. The summed E-state index contributed by atoms with van der Waals surface area (Å²) in [5, 5.41) is 11.5. The van der Waals surface area contributed by atoms with E-state index in [2.05, 4.69) is 29.5 Å². The van der Waals surface area contributed by atoms with Crippen molar-refractivity contribution in [1.29, 1.82) is 0 Å². The van der Waals surface area contributed by atoms with Crippen LogP contribution in [0.1, 0.15) is 44.8 Å². The molecule has 1 aliphatic heterocycles. The van der Waals surface area contributed by atoms with E-state index in [0.717, 1.165) is 12.3 Å². The van der Waals surface area contributed by atoms with Crippen molar-refractivity contribution < 1.29 is 0 Å². The number of hydrogen-bond donors (Lipinski definition) is 1. The summed E-state index contributed by atoms with van der Waals surface area (Å²) < 4.78 is 2.04. The highest BCUT2D eigenvalue weighted by Crippen LogP contribution is 2.19. The summed E-state index contributed by atoms with van der Waals surface area (Å²) in [5.74, 6) is 0.886. The Bertz CT molecular complexity index is 313. The van der Waals surface area contributed by atoms with Crippen molar-refractivity contribution in [3.8, 4) is 0 Å². The van der Waals surface area contributed by atoms with Gasteiger partial charge in [-0.15, -0.1) is 5.10 Å². The summed E-state index contributed by atoms with van der Waals surface area (Å²) >= 11 is 0. The SMILES string of the molecule is CC(C)n1nncc1CCC1CCNCC1. The van der Waals surface area contributed by atoms with Gasteiger partial charge in [-0.2, -0.15) is 0 Å². The lowest BCUT2D eigenvalue weighted by Gasteiger charge is -2.22. The van der Waals surface area contributed by atoms with Crippen LogP contribution in [0.2, 0.25) is 0 Å². The summed E-state index contributed by atoms with van der Waals surface area (Å²) in [6, 6.07) is 0.422. The average molecular weight is 222 g/mol. The van der Waals surface area contributed by atoms with E-state index >= 15 is 0 Å². The zero-order valence-corrected chi connectivity index (χ0v) is 10.3. The third-order valence-corrected chi connectivity index (χ3v) is 3.41. The predicted molar refractivity (Wildman–Crippen MR) is 64.3 cm³/mol. The number of aromatic nitrogens is 3. The highest BCUT2D eigenvalue weighted by molar-refractivity contribution is 4.96. The Kier molecular flexibility index (Phi) is 3.93. The lowest BCUT2D eigenvalue weighted by Crippen LogP contribution is -2.28. The van der Waals surface area contributed by atoms with Crippen LogP contribution in [0.15, 0.2) is 6.20 Å². The number of nitrogens with zero attached hydrogens (tertiary/aromatic N) is 3. The first-order chi connectivity index (χ1) is 7.77. The average Bonchev–Trinajstić information content (AvgIpc) is 2.76. The Balaban J connectivity index is 1.86. The lowest BCUT2D eigenvalue weighted by atomic mass is 9.92. The molecule has 2 heterocycles. The largest absolute Gasteiger partial charge is 0.317 e. The van der Waals surface area contributed by atoms with E-state index in [-0.39, 0.29) is 0 Å². The molecule has 4 nitrogen and oxygen atoms in total. The van der Waals surface area contributed by atoms with E-state index in [1.54, 1.807) is 0 Å². The maximum absolute atomic E-state index is 4.13. The van der Waals surface area contributed by atoms with Crippen molar-refractivity contribution in [3.05, 3.63) is 11.9 Å². The van der Waals surface area contributed by atoms with Gasteiger partial charge in [0.25, 0.3) is 0 Å². The van der Waals surface area contributed by atoms with Crippen LogP contribution in [0.25, 0.3) is 0 Å². The third-order valence-electron chi connectivity index (χ3n) is 3.41. The fourth-order valence-electron chi connectivity index (χ4n) is 2.40. The van der Waals surface area contributed by atoms with Crippen LogP contribution in [-0.2, 0) is 6.42 Å². The Hall–Kier alpha value is -0.900. The minimum absolute atomic E-state index is 0.422. The minimum atomic E-state index is 0.422. The van der Waals surface area contributed by atoms with Crippen molar-refractivity contribution in [1.82, 2.24) is 20.3 Å². The molecule has 1 aromatic rings. The summed E-state index contributed by atoms with van der Waals surface area (Å²) in [5.41, 5.74) is 1.29. The van der Waals surface area contributed by atoms with Crippen molar-refractivity contribution in [2.24, 2.45) is 5.92 Å². The Morgan fingerprint density at radius 1 is 1.44 bits per heavy atom. The molecular formula is C12H22N4. The van der Waals surface area contributed by atoms with Crippen molar-refractivity contribution >= 4 is 0 Å². The second-order valence-electron chi connectivity index (χ2n) is 5.00. The fourth-order valence-corrected chi connectivity index (χ4v) is 2.40. The molecule has 1 aliphatic rings. The molecule has 1 N–H and O–H groups in total. The van der Waals surface area contributed by atoms with Crippen LogP contribution in [0, 0.1) is 5.92 Å². The van der Waals surface area contributed by atoms with E-state index in [1.165, 1.54) is 38.0 Å². The number of piperidine rings is 1. The minimum Gasteiger partial charge on any atom is -0.317 e. The standard InChI is InChI=1S/C12H22N4/c1-10(2)16-12(9-14-15-16)4-3-11-5-7-13-8-6-11/h9-11,13H,3-8H2,1-2H3. The number of aryl methyl sites for hydroxylation is 1. The molecule has 0 unspecified atom stereocenters. The molecule has 1 fully saturated rings. The van der Waals surface area contributed by atoms with E-state index < -0.39 is 0 Å². The molecule has 0 spiro atoms. The summed E-state index contributed by atoms with van der Waals surface area (Å²) in [6.45, 7) is 6.68. The highest BCUT2D eigenvalue weighted by Gasteiger charge is 2.14. The molecule has 0 atom stereocenters. The van der Waals surface area contributed by atoms with Crippen LogP contribution < -0.4 is 5.32 Å². The molecule has 16 heavy (non-hydrogen) atoms. The summed E-state index contributed by atoms with van der Waals surface area (Å²) in [7, 11) is 0. The topological polar surface area (TPSA) is 42.7 Å². The predicted octanol–water partition coefficient (Wildman–Crippen LogP) is 1.79. The van der Waals surface area contributed by atoms with Crippen LogP contribution in [0.4, 0.5) is 0 Å². The van der Waals surface area contributed by atoms with Crippen molar-refractivity contribution in [3.63, 3.8) is 0 Å². The molecule has 4 heteroatoms. The van der Waals surface area contributed by atoms with Gasteiger partial charge in [0, 0.05) is 6.04 Å². The monoisotopic (exact) mass is 222 g/mol. The Morgan fingerprint density at radius 3 is 2.88 bits per heavy atom. The van der Waals surface area contributed by atoms with Crippen LogP contribution in [0.3, 0.4) is 0 Å². The number of hydrogen-bond acceptors (Lipinski definition) is 3. The van der Waals surface area contributed by atoms with Crippen LogP contribution in [0.5, 0.6) is 0 Å². The molecule has 90 valence electrons. The normalized spacial score (nSPS) is 18.2. The first kappa shape index (κ1) is 11.6. The molecule has 0 aliphatic carbocycles. The van der Waals surface area contributed by atoms with Gasteiger partial charge < -0.3 is 5.32 Å². The first-order valence-corrected chi connectivity index (χ1v) is 6.37. The maximum Gasteiger partial charge on any atom is 0.0725 e. The molecule has 0 bridgehead atoms. The van der Waals surface area contributed by atoms with Gasteiger partial charge in [0.05, 0.1) is 11.9 Å². The zero-order valence-electron chi connectivity index (χ0n) is 10.3. The van der Waals surface area contributed by atoms with Gasteiger partial charge in [-0.05, 0) is 58.5 Å². The van der Waals surface area contributed by atoms with Gasteiger partial charge in [-0.3, -0.25) is 0 Å². The van der Waals surface area contributed by atoms with Gasteiger partial charge >= 0.3 is 0 Å². The Labute approximate surface area is 97.4 Å². The van der Waals surface area contributed by atoms with Crippen molar-refractivity contribution in [2.75, 3.05) is 13.1 Å². The third kappa shape index (κ3) is 2.82. The summed E-state index contributed by atoms with van der Waals surface area (Å²) in [4.78, 5) is 0. The fraction of sp³-hybridized carbons (Fsp3) is 0.833. The highest BCUT2D eigenvalue weighted by atomic mass is 15.4. The summed E-state index contributed by atoms with van der Waals surface area (Å²) in [6.07, 6.45) is 6.96. The lowest BCUT2D eigenvalue weighted by molar-refractivity contribution is 0.349. The van der Waals surface area contributed by atoms with E-state index in [4.69, 9.17) is 0 Å². The first-order valence-electron chi connectivity index (χ1n) is 6.37. The van der Waals surface area contributed by atoms with Gasteiger partial charge in [-0.25, -0.2) is 4.68 Å². The van der Waals surface area contributed by atoms with E-state index in [9.17, 15) is 0 Å². The molecule has 0 aromatic carbocycles. The Morgan fingerprint density at radius 2 is 2.19 bits per heavy atom. The van der Waals surface area contributed by atoms with Gasteiger partial charge in [0.15, 0.2) is 0 Å². The molecule has 2 rings (SSSR count).